The van der Waals surface area contributed by atoms with Crippen LogP contribution in [0.2, 0.25) is 5.15 Å². The first-order chi connectivity index (χ1) is 7.96. The van der Waals surface area contributed by atoms with Crippen molar-refractivity contribution in [1.82, 2.24) is 10.2 Å². The van der Waals surface area contributed by atoms with Gasteiger partial charge in [0.05, 0.1) is 11.3 Å². The van der Waals surface area contributed by atoms with Crippen molar-refractivity contribution in [2.75, 3.05) is 5.32 Å². The molecular weight excluding hydrogens is 305 g/mol. The molecular formula is C11H15BrClN3O. The van der Waals surface area contributed by atoms with Gasteiger partial charge in [-0.1, -0.05) is 11.6 Å². The predicted molar refractivity (Wildman–Crippen MR) is 71.2 cm³/mol. The van der Waals surface area contributed by atoms with Crippen molar-refractivity contribution in [2.24, 2.45) is 0 Å². The number of aliphatic hydroxyl groups is 1. The molecule has 4 nitrogen and oxygen atoms in total. The van der Waals surface area contributed by atoms with E-state index in [0.717, 1.165) is 31.4 Å². The van der Waals surface area contributed by atoms with Gasteiger partial charge < -0.3 is 10.4 Å². The molecule has 1 fully saturated rings. The fraction of sp³-hybridized carbons (Fsp3) is 0.636. The van der Waals surface area contributed by atoms with E-state index in [9.17, 15) is 5.11 Å². The molecule has 1 aromatic rings. The Bertz CT molecular complexity index is 404. The molecule has 0 spiro atoms. The second kappa shape index (κ2) is 5.08. The van der Waals surface area contributed by atoms with Gasteiger partial charge in [-0.2, -0.15) is 0 Å². The molecule has 0 bridgehead atoms. The number of anilines is 1. The van der Waals surface area contributed by atoms with Crippen molar-refractivity contribution in [3.05, 3.63) is 15.8 Å². The Morgan fingerprint density at radius 1 is 1.47 bits per heavy atom. The van der Waals surface area contributed by atoms with Crippen LogP contribution in [0.15, 0.2) is 10.7 Å². The number of halogens is 2. The molecule has 0 aromatic carbocycles. The minimum absolute atomic E-state index is 0.354. The maximum atomic E-state index is 9.88. The van der Waals surface area contributed by atoms with Gasteiger partial charge in [-0.3, -0.25) is 0 Å². The molecule has 0 aliphatic heterocycles. The zero-order chi connectivity index (χ0) is 12.5. The van der Waals surface area contributed by atoms with E-state index >= 15 is 0 Å². The summed E-state index contributed by atoms with van der Waals surface area (Å²) in [5, 5.41) is 21.3. The van der Waals surface area contributed by atoms with Gasteiger partial charge in [-0.15, -0.1) is 10.2 Å². The molecule has 0 atom stereocenters. The average Bonchev–Trinajstić information content (AvgIpc) is 2.26. The van der Waals surface area contributed by atoms with Crippen LogP contribution >= 0.6 is 27.5 Å². The second-order valence-electron chi connectivity index (χ2n) is 4.79. The Morgan fingerprint density at radius 3 is 2.76 bits per heavy atom. The van der Waals surface area contributed by atoms with Crippen LogP contribution in [-0.2, 0) is 0 Å². The third-order valence-corrected chi connectivity index (χ3v) is 3.91. The smallest absolute Gasteiger partial charge is 0.153 e. The number of hydrogen-bond acceptors (Lipinski definition) is 4. The van der Waals surface area contributed by atoms with Crippen LogP contribution in [0.25, 0.3) is 0 Å². The highest BCUT2D eigenvalue weighted by Gasteiger charge is 2.28. The van der Waals surface area contributed by atoms with Crippen molar-refractivity contribution in [3.63, 3.8) is 0 Å². The topological polar surface area (TPSA) is 58.0 Å². The molecule has 6 heteroatoms. The molecule has 0 unspecified atom stereocenters. The zero-order valence-electron chi connectivity index (χ0n) is 9.58. The third-order valence-electron chi connectivity index (χ3n) is 3.14. The molecule has 0 radical (unpaired) electrons. The summed E-state index contributed by atoms with van der Waals surface area (Å²) in [4.78, 5) is 0. The fourth-order valence-corrected chi connectivity index (χ4v) is 2.51. The van der Waals surface area contributed by atoms with Crippen LogP contribution in [0.4, 0.5) is 5.69 Å². The number of nitrogens with one attached hydrogen (secondary N) is 1. The highest BCUT2D eigenvalue weighted by Crippen LogP contribution is 2.31. The van der Waals surface area contributed by atoms with Crippen molar-refractivity contribution in [1.29, 1.82) is 0 Å². The molecule has 1 aliphatic rings. The highest BCUT2D eigenvalue weighted by atomic mass is 79.9. The van der Waals surface area contributed by atoms with Gasteiger partial charge in [0.1, 0.15) is 0 Å². The van der Waals surface area contributed by atoms with Crippen LogP contribution in [0.3, 0.4) is 0 Å². The standard InChI is InChI=1S/C11H15BrClN3O/c1-11(17)4-2-7(3-5-11)14-8-6-9(13)15-16-10(8)12/h6-7,17H,2-5H2,1H3,(H,14,15). The number of nitrogens with zero attached hydrogens (tertiary/aromatic N) is 2. The van der Waals surface area contributed by atoms with Gasteiger partial charge in [-0.05, 0) is 48.5 Å². The van der Waals surface area contributed by atoms with Gasteiger partial charge in [0.25, 0.3) is 0 Å². The largest absolute Gasteiger partial charge is 0.390 e. The Balaban J connectivity index is 2.00. The van der Waals surface area contributed by atoms with Gasteiger partial charge in [0, 0.05) is 12.1 Å². The van der Waals surface area contributed by atoms with Crippen LogP contribution in [-0.4, -0.2) is 26.9 Å². The first-order valence-corrected chi connectivity index (χ1v) is 6.81. The molecule has 2 rings (SSSR count). The maximum Gasteiger partial charge on any atom is 0.153 e. The van der Waals surface area contributed by atoms with Crippen LogP contribution in [0.5, 0.6) is 0 Å². The Hall–Kier alpha value is -0.390. The lowest BCUT2D eigenvalue weighted by molar-refractivity contribution is 0.0196. The lowest BCUT2D eigenvalue weighted by Gasteiger charge is -2.33. The highest BCUT2D eigenvalue weighted by molar-refractivity contribution is 9.10. The van der Waals surface area contributed by atoms with E-state index < -0.39 is 5.60 Å². The van der Waals surface area contributed by atoms with Crippen LogP contribution in [0, 0.1) is 0 Å². The summed E-state index contributed by atoms with van der Waals surface area (Å²) >= 11 is 9.14. The normalized spacial score (nSPS) is 29.1. The summed E-state index contributed by atoms with van der Waals surface area (Å²) in [5.74, 6) is 0. The average molecular weight is 321 g/mol. The number of rotatable bonds is 2. The van der Waals surface area contributed by atoms with E-state index in [0.29, 0.717) is 15.8 Å². The Labute approximate surface area is 114 Å². The van der Waals surface area contributed by atoms with E-state index in [-0.39, 0.29) is 0 Å². The summed E-state index contributed by atoms with van der Waals surface area (Å²) in [6, 6.07) is 2.11. The molecule has 0 saturated heterocycles. The summed E-state index contributed by atoms with van der Waals surface area (Å²) in [7, 11) is 0. The van der Waals surface area contributed by atoms with E-state index in [1.165, 1.54) is 0 Å². The molecule has 1 aliphatic carbocycles. The van der Waals surface area contributed by atoms with Gasteiger partial charge in [0.2, 0.25) is 0 Å². The van der Waals surface area contributed by atoms with Gasteiger partial charge >= 0.3 is 0 Å². The Morgan fingerprint density at radius 2 is 2.12 bits per heavy atom. The summed E-state index contributed by atoms with van der Waals surface area (Å²) in [6.45, 7) is 1.89. The van der Waals surface area contributed by atoms with Crippen molar-refractivity contribution >= 4 is 33.2 Å². The lowest BCUT2D eigenvalue weighted by Crippen LogP contribution is -2.35. The van der Waals surface area contributed by atoms with Crippen molar-refractivity contribution < 1.29 is 5.11 Å². The number of aromatic nitrogens is 2. The summed E-state index contributed by atoms with van der Waals surface area (Å²) in [6.07, 6.45) is 3.52. The first-order valence-electron chi connectivity index (χ1n) is 5.64. The van der Waals surface area contributed by atoms with E-state index in [4.69, 9.17) is 11.6 Å². The van der Waals surface area contributed by atoms with Crippen LogP contribution in [0.1, 0.15) is 32.6 Å². The molecule has 94 valence electrons. The SMILES string of the molecule is CC1(O)CCC(Nc2cc(Cl)nnc2Br)CC1. The molecule has 1 aromatic heterocycles. The molecule has 2 N–H and O–H groups in total. The zero-order valence-corrected chi connectivity index (χ0v) is 11.9. The molecule has 1 heterocycles. The molecule has 0 amide bonds. The summed E-state index contributed by atoms with van der Waals surface area (Å²) in [5.41, 5.74) is 0.348. The Kier molecular flexibility index (Phi) is 3.90. The second-order valence-corrected chi connectivity index (χ2v) is 5.93. The maximum absolute atomic E-state index is 9.88. The van der Waals surface area contributed by atoms with E-state index in [1.807, 2.05) is 6.92 Å². The van der Waals surface area contributed by atoms with Crippen LogP contribution < -0.4 is 5.32 Å². The molecule has 1 saturated carbocycles. The lowest BCUT2D eigenvalue weighted by atomic mass is 9.83. The summed E-state index contributed by atoms with van der Waals surface area (Å²) < 4.78 is 0.666. The third kappa shape index (κ3) is 3.53. The number of hydrogen-bond donors (Lipinski definition) is 2. The quantitative estimate of drug-likeness (QED) is 0.879. The minimum atomic E-state index is -0.510. The minimum Gasteiger partial charge on any atom is -0.390 e. The van der Waals surface area contributed by atoms with Gasteiger partial charge in [0.15, 0.2) is 9.76 Å². The first kappa shape index (κ1) is 13.1. The predicted octanol–water partition coefficient (Wildman–Crippen LogP) is 3.00. The molecule has 17 heavy (non-hydrogen) atoms. The van der Waals surface area contributed by atoms with E-state index in [1.54, 1.807) is 6.07 Å². The van der Waals surface area contributed by atoms with E-state index in [2.05, 4.69) is 31.4 Å². The van der Waals surface area contributed by atoms with Crippen molar-refractivity contribution in [2.45, 2.75) is 44.2 Å². The monoisotopic (exact) mass is 319 g/mol. The fourth-order valence-electron chi connectivity index (χ4n) is 2.06. The van der Waals surface area contributed by atoms with Gasteiger partial charge in [-0.25, -0.2) is 0 Å². The van der Waals surface area contributed by atoms with Crippen molar-refractivity contribution in [3.8, 4) is 0 Å².